The highest BCUT2D eigenvalue weighted by Gasteiger charge is 2.15. The SMILES string of the molecule is Cc1noc(NC(=O)CCC(C)(C)N)c1C. The van der Waals surface area contributed by atoms with Crippen molar-refractivity contribution in [2.24, 2.45) is 5.73 Å². The standard InChI is InChI=1S/C11H19N3O2/c1-7-8(2)14-16-10(7)13-9(15)5-6-11(3,4)12/h5-6,12H2,1-4H3,(H,13,15). The van der Waals surface area contributed by atoms with Crippen LogP contribution in [0.15, 0.2) is 4.52 Å². The number of nitrogens with one attached hydrogen (secondary N) is 1. The maximum absolute atomic E-state index is 11.6. The minimum atomic E-state index is -0.330. The molecule has 3 N–H and O–H groups in total. The first-order valence-corrected chi connectivity index (χ1v) is 5.31. The summed E-state index contributed by atoms with van der Waals surface area (Å²) in [5, 5.41) is 6.44. The number of carbonyl (C=O) groups is 1. The van der Waals surface area contributed by atoms with Crippen LogP contribution < -0.4 is 11.1 Å². The molecule has 5 heteroatoms. The number of amides is 1. The molecule has 0 aliphatic heterocycles. The van der Waals surface area contributed by atoms with Crippen molar-refractivity contribution in [3.63, 3.8) is 0 Å². The number of nitrogens with two attached hydrogens (primary N) is 1. The van der Waals surface area contributed by atoms with Crippen LogP contribution in [0.4, 0.5) is 5.88 Å². The van der Waals surface area contributed by atoms with Crippen LogP contribution in [0.5, 0.6) is 0 Å². The van der Waals surface area contributed by atoms with E-state index in [4.69, 9.17) is 10.3 Å². The van der Waals surface area contributed by atoms with Crippen LogP contribution in [-0.2, 0) is 4.79 Å². The van der Waals surface area contributed by atoms with Crippen molar-refractivity contribution in [2.45, 2.75) is 46.1 Å². The van der Waals surface area contributed by atoms with E-state index in [-0.39, 0.29) is 11.4 Å². The molecule has 0 bridgehead atoms. The first kappa shape index (κ1) is 12.7. The molecule has 0 aliphatic rings. The number of hydrogen-bond acceptors (Lipinski definition) is 4. The summed E-state index contributed by atoms with van der Waals surface area (Å²) in [6.07, 6.45) is 1.01. The topological polar surface area (TPSA) is 81.2 Å². The molecule has 0 spiro atoms. The molecule has 16 heavy (non-hydrogen) atoms. The Labute approximate surface area is 95.4 Å². The molecule has 1 heterocycles. The number of aromatic nitrogens is 1. The second-order valence-electron chi connectivity index (χ2n) is 4.76. The Morgan fingerprint density at radius 1 is 1.50 bits per heavy atom. The molecule has 0 radical (unpaired) electrons. The van der Waals surface area contributed by atoms with E-state index in [1.54, 1.807) is 0 Å². The Kier molecular flexibility index (Phi) is 3.70. The molecule has 1 aromatic rings. The fourth-order valence-electron chi connectivity index (χ4n) is 1.16. The van der Waals surface area contributed by atoms with Gasteiger partial charge in [-0.1, -0.05) is 5.16 Å². The largest absolute Gasteiger partial charge is 0.338 e. The van der Waals surface area contributed by atoms with Gasteiger partial charge in [0, 0.05) is 17.5 Å². The smallest absolute Gasteiger partial charge is 0.234 e. The van der Waals surface area contributed by atoms with Crippen molar-refractivity contribution in [1.82, 2.24) is 5.16 Å². The van der Waals surface area contributed by atoms with Gasteiger partial charge in [0.25, 0.3) is 0 Å². The van der Waals surface area contributed by atoms with Gasteiger partial charge in [-0.25, -0.2) is 0 Å². The van der Waals surface area contributed by atoms with Gasteiger partial charge >= 0.3 is 0 Å². The van der Waals surface area contributed by atoms with E-state index >= 15 is 0 Å². The van der Waals surface area contributed by atoms with E-state index in [0.29, 0.717) is 18.7 Å². The summed E-state index contributed by atoms with van der Waals surface area (Å²) < 4.78 is 4.98. The van der Waals surface area contributed by atoms with Gasteiger partial charge < -0.3 is 10.3 Å². The average Bonchev–Trinajstić information content (AvgIpc) is 2.46. The van der Waals surface area contributed by atoms with Crippen molar-refractivity contribution < 1.29 is 9.32 Å². The van der Waals surface area contributed by atoms with Crippen LogP contribution >= 0.6 is 0 Å². The molecule has 0 saturated heterocycles. The van der Waals surface area contributed by atoms with E-state index in [0.717, 1.165) is 11.3 Å². The minimum Gasteiger partial charge on any atom is -0.338 e. The zero-order valence-electron chi connectivity index (χ0n) is 10.3. The van der Waals surface area contributed by atoms with E-state index in [1.807, 2.05) is 27.7 Å². The maximum atomic E-state index is 11.6. The van der Waals surface area contributed by atoms with Gasteiger partial charge in [-0.2, -0.15) is 0 Å². The van der Waals surface area contributed by atoms with Crippen LogP contribution in [0, 0.1) is 13.8 Å². The number of carbonyl (C=O) groups excluding carboxylic acids is 1. The van der Waals surface area contributed by atoms with Gasteiger partial charge in [-0.3, -0.25) is 10.1 Å². The minimum absolute atomic E-state index is 0.0993. The zero-order valence-corrected chi connectivity index (χ0v) is 10.3. The Morgan fingerprint density at radius 2 is 2.12 bits per heavy atom. The molecule has 1 aromatic heterocycles. The van der Waals surface area contributed by atoms with Crippen molar-refractivity contribution in [1.29, 1.82) is 0 Å². The molecular formula is C11H19N3O2. The molecule has 0 atom stereocenters. The van der Waals surface area contributed by atoms with Crippen molar-refractivity contribution >= 4 is 11.8 Å². The van der Waals surface area contributed by atoms with E-state index in [1.165, 1.54) is 0 Å². The van der Waals surface area contributed by atoms with Crippen LogP contribution in [0.2, 0.25) is 0 Å². The Morgan fingerprint density at radius 3 is 2.56 bits per heavy atom. The van der Waals surface area contributed by atoms with Crippen molar-refractivity contribution in [3.05, 3.63) is 11.3 Å². The van der Waals surface area contributed by atoms with Crippen LogP contribution in [0.25, 0.3) is 0 Å². The van der Waals surface area contributed by atoms with E-state index in [2.05, 4.69) is 10.5 Å². The Balaban J connectivity index is 2.49. The van der Waals surface area contributed by atoms with E-state index < -0.39 is 0 Å². The number of aryl methyl sites for hydroxylation is 1. The lowest BCUT2D eigenvalue weighted by molar-refractivity contribution is -0.116. The van der Waals surface area contributed by atoms with E-state index in [9.17, 15) is 4.79 Å². The van der Waals surface area contributed by atoms with Crippen LogP contribution in [-0.4, -0.2) is 16.6 Å². The van der Waals surface area contributed by atoms with Crippen LogP contribution in [0.1, 0.15) is 37.9 Å². The summed E-state index contributed by atoms with van der Waals surface area (Å²) in [6, 6.07) is 0. The summed E-state index contributed by atoms with van der Waals surface area (Å²) in [6.45, 7) is 7.47. The molecule has 0 aliphatic carbocycles. The summed E-state index contributed by atoms with van der Waals surface area (Å²) in [7, 11) is 0. The average molecular weight is 225 g/mol. The third kappa shape index (κ3) is 3.66. The third-order valence-electron chi connectivity index (χ3n) is 2.41. The fraction of sp³-hybridized carbons (Fsp3) is 0.636. The highest BCUT2D eigenvalue weighted by Crippen LogP contribution is 2.18. The lowest BCUT2D eigenvalue weighted by atomic mass is 10.00. The number of hydrogen-bond donors (Lipinski definition) is 2. The number of rotatable bonds is 4. The second-order valence-corrected chi connectivity index (χ2v) is 4.76. The molecule has 5 nitrogen and oxygen atoms in total. The molecule has 0 fully saturated rings. The summed E-state index contributed by atoms with van der Waals surface area (Å²) in [4.78, 5) is 11.6. The van der Waals surface area contributed by atoms with Gasteiger partial charge in [0.05, 0.1) is 5.69 Å². The Bertz CT molecular complexity index is 377. The van der Waals surface area contributed by atoms with Gasteiger partial charge in [0.1, 0.15) is 0 Å². The summed E-state index contributed by atoms with van der Waals surface area (Å²) in [5.74, 6) is 0.329. The molecular weight excluding hydrogens is 206 g/mol. The highest BCUT2D eigenvalue weighted by molar-refractivity contribution is 5.90. The second kappa shape index (κ2) is 4.65. The maximum Gasteiger partial charge on any atom is 0.234 e. The molecule has 0 saturated carbocycles. The van der Waals surface area contributed by atoms with Crippen molar-refractivity contribution in [2.75, 3.05) is 5.32 Å². The Hall–Kier alpha value is -1.36. The first-order valence-electron chi connectivity index (χ1n) is 5.31. The van der Waals surface area contributed by atoms with Crippen LogP contribution in [0.3, 0.4) is 0 Å². The highest BCUT2D eigenvalue weighted by atomic mass is 16.5. The normalized spacial score (nSPS) is 11.6. The quantitative estimate of drug-likeness (QED) is 0.817. The number of nitrogens with zero attached hydrogens (tertiary/aromatic N) is 1. The molecule has 90 valence electrons. The first-order chi connectivity index (χ1) is 7.29. The van der Waals surface area contributed by atoms with Gasteiger partial charge in [0.2, 0.25) is 11.8 Å². The lowest BCUT2D eigenvalue weighted by Gasteiger charge is -2.17. The molecule has 1 rings (SSSR count). The van der Waals surface area contributed by atoms with Crippen molar-refractivity contribution in [3.8, 4) is 0 Å². The van der Waals surface area contributed by atoms with Gasteiger partial charge in [-0.15, -0.1) is 0 Å². The number of anilines is 1. The van der Waals surface area contributed by atoms with Gasteiger partial charge in [0.15, 0.2) is 0 Å². The molecule has 1 amide bonds. The predicted octanol–water partition coefficient (Wildman–Crippen LogP) is 1.75. The summed E-state index contributed by atoms with van der Waals surface area (Å²) in [5.41, 5.74) is 7.11. The fourth-order valence-corrected chi connectivity index (χ4v) is 1.16. The lowest BCUT2D eigenvalue weighted by Crippen LogP contribution is -2.33. The third-order valence-corrected chi connectivity index (χ3v) is 2.41. The molecule has 0 aromatic carbocycles. The van der Waals surface area contributed by atoms with Gasteiger partial charge in [-0.05, 0) is 34.1 Å². The monoisotopic (exact) mass is 225 g/mol. The zero-order chi connectivity index (χ0) is 12.3. The summed E-state index contributed by atoms with van der Waals surface area (Å²) >= 11 is 0. The molecule has 0 unspecified atom stereocenters. The predicted molar refractivity (Wildman–Crippen MR) is 62.1 cm³/mol.